The predicted octanol–water partition coefficient (Wildman–Crippen LogP) is 4.10. The lowest BCUT2D eigenvalue weighted by molar-refractivity contribution is 0.184. The van der Waals surface area contributed by atoms with Gasteiger partial charge >= 0.3 is 0 Å². The van der Waals surface area contributed by atoms with Crippen molar-refractivity contribution in [3.8, 4) is 0 Å². The van der Waals surface area contributed by atoms with Crippen LogP contribution in [-0.2, 0) is 6.42 Å². The molecule has 1 N–H and O–H groups in total. The number of rotatable bonds is 5. The SMILES string of the molecule is CC1CCC(CNC2CC2)C(Cc2cccs2)C1. The molecule has 1 aromatic heterocycles. The third kappa shape index (κ3) is 3.36. The van der Waals surface area contributed by atoms with Crippen molar-refractivity contribution in [1.82, 2.24) is 5.32 Å². The Morgan fingerprint density at radius 2 is 2.11 bits per heavy atom. The summed E-state index contributed by atoms with van der Waals surface area (Å²) < 4.78 is 0. The zero-order valence-electron chi connectivity index (χ0n) is 11.4. The second-order valence-corrected chi connectivity index (χ2v) is 7.44. The van der Waals surface area contributed by atoms with Crippen LogP contribution >= 0.6 is 11.3 Å². The van der Waals surface area contributed by atoms with E-state index in [4.69, 9.17) is 0 Å². The van der Waals surface area contributed by atoms with Crippen LogP contribution in [0, 0.1) is 17.8 Å². The summed E-state index contributed by atoms with van der Waals surface area (Å²) in [6, 6.07) is 5.38. The molecule has 0 amide bonds. The molecular formula is C16H25NS. The molecule has 1 nitrogen and oxygen atoms in total. The molecule has 1 heterocycles. The van der Waals surface area contributed by atoms with Gasteiger partial charge in [0.2, 0.25) is 0 Å². The molecule has 2 heteroatoms. The van der Waals surface area contributed by atoms with Crippen molar-refractivity contribution in [1.29, 1.82) is 0 Å². The van der Waals surface area contributed by atoms with Crippen molar-refractivity contribution >= 4 is 11.3 Å². The summed E-state index contributed by atoms with van der Waals surface area (Å²) in [6.45, 7) is 3.71. The largest absolute Gasteiger partial charge is 0.314 e. The number of hydrogen-bond acceptors (Lipinski definition) is 2. The fraction of sp³-hybridized carbons (Fsp3) is 0.750. The molecule has 100 valence electrons. The van der Waals surface area contributed by atoms with Crippen LogP contribution in [0.5, 0.6) is 0 Å². The summed E-state index contributed by atoms with van der Waals surface area (Å²) in [7, 11) is 0. The lowest BCUT2D eigenvalue weighted by Gasteiger charge is -2.35. The van der Waals surface area contributed by atoms with Crippen molar-refractivity contribution in [3.63, 3.8) is 0 Å². The lowest BCUT2D eigenvalue weighted by Crippen LogP contribution is -2.34. The Balaban J connectivity index is 1.57. The maximum atomic E-state index is 3.75. The van der Waals surface area contributed by atoms with Gasteiger partial charge in [-0.3, -0.25) is 0 Å². The monoisotopic (exact) mass is 263 g/mol. The second kappa shape index (κ2) is 5.75. The van der Waals surface area contributed by atoms with Crippen molar-refractivity contribution < 1.29 is 0 Å². The van der Waals surface area contributed by atoms with Gasteiger partial charge in [-0.25, -0.2) is 0 Å². The summed E-state index contributed by atoms with van der Waals surface area (Å²) in [4.78, 5) is 1.59. The minimum Gasteiger partial charge on any atom is -0.314 e. The average molecular weight is 263 g/mol. The molecule has 0 spiro atoms. The Bertz CT molecular complexity index is 355. The molecule has 3 unspecified atom stereocenters. The van der Waals surface area contributed by atoms with Crippen LogP contribution in [0.3, 0.4) is 0 Å². The average Bonchev–Trinajstić information content (AvgIpc) is 3.05. The van der Waals surface area contributed by atoms with Crippen LogP contribution in [0.4, 0.5) is 0 Å². The molecule has 1 aromatic rings. The highest BCUT2D eigenvalue weighted by Gasteiger charge is 2.30. The van der Waals surface area contributed by atoms with E-state index in [0.29, 0.717) is 0 Å². The van der Waals surface area contributed by atoms with Crippen LogP contribution in [0.25, 0.3) is 0 Å². The van der Waals surface area contributed by atoms with E-state index in [1.807, 2.05) is 11.3 Å². The first kappa shape index (κ1) is 12.7. The fourth-order valence-electron chi connectivity index (χ4n) is 3.37. The van der Waals surface area contributed by atoms with E-state index in [1.54, 1.807) is 4.88 Å². The Hall–Kier alpha value is -0.340. The molecule has 2 aliphatic carbocycles. The van der Waals surface area contributed by atoms with Crippen LogP contribution < -0.4 is 5.32 Å². The van der Waals surface area contributed by atoms with Crippen LogP contribution in [0.2, 0.25) is 0 Å². The first-order valence-corrected chi connectivity index (χ1v) is 8.45. The Kier molecular flexibility index (Phi) is 4.05. The summed E-state index contributed by atoms with van der Waals surface area (Å²) in [5.74, 6) is 2.77. The van der Waals surface area contributed by atoms with Gasteiger partial charge in [-0.05, 0) is 67.8 Å². The molecule has 2 aliphatic rings. The van der Waals surface area contributed by atoms with Crippen LogP contribution in [0.15, 0.2) is 17.5 Å². The topological polar surface area (TPSA) is 12.0 Å². The molecule has 3 atom stereocenters. The van der Waals surface area contributed by atoms with E-state index in [0.717, 1.165) is 23.8 Å². The second-order valence-electron chi connectivity index (χ2n) is 6.40. The van der Waals surface area contributed by atoms with E-state index in [-0.39, 0.29) is 0 Å². The van der Waals surface area contributed by atoms with E-state index < -0.39 is 0 Å². The molecule has 0 saturated heterocycles. The smallest absolute Gasteiger partial charge is 0.00683 e. The van der Waals surface area contributed by atoms with Crippen molar-refractivity contribution in [2.24, 2.45) is 17.8 Å². The summed E-state index contributed by atoms with van der Waals surface area (Å²) in [6.07, 6.45) is 8.47. The van der Waals surface area contributed by atoms with Crippen molar-refractivity contribution in [2.75, 3.05) is 6.54 Å². The molecule has 3 rings (SSSR count). The van der Waals surface area contributed by atoms with E-state index in [1.165, 1.54) is 45.1 Å². The standard InChI is InChI=1S/C16H25NS/c1-12-4-5-13(11-17-15-6-7-15)14(9-12)10-16-3-2-8-18-16/h2-3,8,12-15,17H,4-7,9-11H2,1H3. The highest BCUT2D eigenvalue weighted by atomic mass is 32.1. The Labute approximate surface area is 115 Å². The fourth-order valence-corrected chi connectivity index (χ4v) is 4.17. The van der Waals surface area contributed by atoms with E-state index in [9.17, 15) is 0 Å². The predicted molar refractivity (Wildman–Crippen MR) is 79.0 cm³/mol. The number of hydrogen-bond donors (Lipinski definition) is 1. The molecule has 0 aliphatic heterocycles. The molecule has 0 bridgehead atoms. The zero-order valence-corrected chi connectivity index (χ0v) is 12.2. The third-order valence-electron chi connectivity index (χ3n) is 4.69. The first-order chi connectivity index (χ1) is 8.81. The summed E-state index contributed by atoms with van der Waals surface area (Å²) >= 11 is 1.94. The van der Waals surface area contributed by atoms with Gasteiger partial charge in [0, 0.05) is 10.9 Å². The summed E-state index contributed by atoms with van der Waals surface area (Å²) in [5, 5.41) is 5.98. The van der Waals surface area contributed by atoms with Crippen molar-refractivity contribution in [3.05, 3.63) is 22.4 Å². The van der Waals surface area contributed by atoms with Gasteiger partial charge in [0.15, 0.2) is 0 Å². The Morgan fingerprint density at radius 3 is 2.83 bits per heavy atom. The quantitative estimate of drug-likeness (QED) is 0.843. The molecule has 0 aromatic carbocycles. The Morgan fingerprint density at radius 1 is 1.22 bits per heavy atom. The highest BCUT2D eigenvalue weighted by Crippen LogP contribution is 2.36. The minimum absolute atomic E-state index is 0.867. The minimum atomic E-state index is 0.867. The first-order valence-electron chi connectivity index (χ1n) is 7.57. The van der Waals surface area contributed by atoms with E-state index >= 15 is 0 Å². The van der Waals surface area contributed by atoms with Crippen LogP contribution in [-0.4, -0.2) is 12.6 Å². The van der Waals surface area contributed by atoms with Gasteiger partial charge in [-0.1, -0.05) is 19.4 Å². The van der Waals surface area contributed by atoms with Gasteiger partial charge in [-0.15, -0.1) is 11.3 Å². The van der Waals surface area contributed by atoms with Gasteiger partial charge in [0.1, 0.15) is 0 Å². The molecule has 0 radical (unpaired) electrons. The summed E-state index contributed by atoms with van der Waals surface area (Å²) in [5.41, 5.74) is 0. The van der Waals surface area contributed by atoms with Gasteiger partial charge in [0.05, 0.1) is 0 Å². The van der Waals surface area contributed by atoms with Gasteiger partial charge in [0.25, 0.3) is 0 Å². The van der Waals surface area contributed by atoms with Gasteiger partial charge in [-0.2, -0.15) is 0 Å². The normalized spacial score (nSPS) is 32.6. The van der Waals surface area contributed by atoms with Crippen LogP contribution in [0.1, 0.15) is 43.9 Å². The number of thiophene rings is 1. The zero-order chi connectivity index (χ0) is 12.4. The molecule has 18 heavy (non-hydrogen) atoms. The molecule has 2 saturated carbocycles. The van der Waals surface area contributed by atoms with Crippen molar-refractivity contribution in [2.45, 2.75) is 51.5 Å². The lowest BCUT2D eigenvalue weighted by atomic mass is 9.73. The molecular weight excluding hydrogens is 238 g/mol. The van der Waals surface area contributed by atoms with E-state index in [2.05, 4.69) is 29.8 Å². The molecule has 2 fully saturated rings. The highest BCUT2D eigenvalue weighted by molar-refractivity contribution is 7.09. The maximum absolute atomic E-state index is 3.75. The number of nitrogens with one attached hydrogen (secondary N) is 1. The van der Waals surface area contributed by atoms with Gasteiger partial charge < -0.3 is 5.32 Å². The maximum Gasteiger partial charge on any atom is 0.00683 e. The third-order valence-corrected chi connectivity index (χ3v) is 5.59.